The fraction of sp³-hybridized carbons (Fsp3) is 0.438. The maximum atomic E-state index is 12.3. The number of nitrogens with zero attached hydrogens (tertiary/aromatic N) is 1. The molecule has 0 bridgehead atoms. The number of likely N-dealkylation sites (tertiary alicyclic amines) is 1. The number of carbonyl (C=O) groups is 3. The Morgan fingerprint density at radius 2 is 2.04 bits per heavy atom. The number of hydrogen-bond donors (Lipinski definition) is 4. The summed E-state index contributed by atoms with van der Waals surface area (Å²) in [6, 6.07) is -0.133. The Bertz CT molecular complexity index is 861. The normalized spacial score (nSPS) is 20.6. The van der Waals surface area contributed by atoms with Crippen molar-refractivity contribution in [3.63, 3.8) is 0 Å². The Hall–Kier alpha value is -2.37. The molecule has 4 N–H and O–H groups in total. The van der Waals surface area contributed by atoms with Crippen molar-refractivity contribution >= 4 is 40.5 Å². The lowest BCUT2D eigenvalue weighted by Gasteiger charge is -2.47. The van der Waals surface area contributed by atoms with Crippen molar-refractivity contribution in [3.05, 3.63) is 22.7 Å². The van der Waals surface area contributed by atoms with Gasteiger partial charge < -0.3 is 29.5 Å². The smallest absolute Gasteiger partial charge is 0.339 e. The average Bonchev–Trinajstić information content (AvgIpc) is 2.61. The van der Waals surface area contributed by atoms with E-state index >= 15 is 0 Å². The van der Waals surface area contributed by atoms with E-state index in [-0.39, 0.29) is 12.0 Å². The van der Waals surface area contributed by atoms with Crippen LogP contribution in [0.4, 0.5) is 0 Å². The van der Waals surface area contributed by atoms with Gasteiger partial charge in [-0.15, -0.1) is 0 Å². The van der Waals surface area contributed by atoms with Gasteiger partial charge >= 0.3 is 11.9 Å². The Labute approximate surface area is 166 Å². The van der Waals surface area contributed by atoms with Crippen LogP contribution in [-0.4, -0.2) is 70.3 Å². The number of phenols is 2. The number of phenolic OH excluding ortho intramolecular Hbond substituents is 2. The van der Waals surface area contributed by atoms with Gasteiger partial charge in [0.1, 0.15) is 16.4 Å². The molecule has 0 aliphatic carbocycles. The lowest BCUT2D eigenvalue weighted by Crippen LogP contribution is -2.68. The molecule has 154 valence electrons. The largest absolute Gasteiger partial charge is 0.504 e. The van der Waals surface area contributed by atoms with Gasteiger partial charge in [-0.3, -0.25) is 4.79 Å². The summed E-state index contributed by atoms with van der Waals surface area (Å²) in [6.07, 6.45) is 0.0973. The minimum atomic E-state index is -2.80. The average molecular weight is 436 g/mol. The molecule has 2 rings (SSSR count). The summed E-state index contributed by atoms with van der Waals surface area (Å²) in [5.41, 5.74) is -0.344. The van der Waals surface area contributed by atoms with E-state index in [1.54, 1.807) is 6.92 Å². The fourth-order valence-corrected chi connectivity index (χ4v) is 3.69. The molecule has 1 heterocycles. The number of benzene rings is 1. The lowest BCUT2D eigenvalue weighted by molar-refractivity contribution is -0.163. The van der Waals surface area contributed by atoms with Gasteiger partial charge in [0.2, 0.25) is 5.91 Å². The molecule has 1 saturated heterocycles. The van der Waals surface area contributed by atoms with Crippen LogP contribution in [0, 0.1) is 0 Å². The van der Waals surface area contributed by atoms with Crippen LogP contribution in [0.5, 0.6) is 11.5 Å². The number of halogens is 1. The monoisotopic (exact) mass is 435 g/mol. The van der Waals surface area contributed by atoms with Gasteiger partial charge in [-0.05, 0) is 26.0 Å². The number of amides is 1. The van der Waals surface area contributed by atoms with E-state index in [4.69, 9.17) is 16.3 Å². The first-order chi connectivity index (χ1) is 12.9. The van der Waals surface area contributed by atoms with Gasteiger partial charge in [0.25, 0.3) is 0 Å². The highest BCUT2D eigenvalue weighted by Gasteiger charge is 2.54. The highest BCUT2D eigenvalue weighted by atomic mass is 35.5. The van der Waals surface area contributed by atoms with Crippen molar-refractivity contribution in [2.24, 2.45) is 0 Å². The third-order valence-corrected chi connectivity index (χ3v) is 6.05. The molecule has 0 aromatic heterocycles. The number of aliphatic carboxylic acids is 1. The summed E-state index contributed by atoms with van der Waals surface area (Å²) < 4.78 is 24.6. The first kappa shape index (κ1) is 21.9. The van der Waals surface area contributed by atoms with E-state index in [0.29, 0.717) is 0 Å². The summed E-state index contributed by atoms with van der Waals surface area (Å²) in [5.74, 6) is -4.48. The van der Waals surface area contributed by atoms with E-state index in [9.17, 15) is 38.5 Å². The Morgan fingerprint density at radius 1 is 1.43 bits per heavy atom. The number of ether oxygens (including phenoxy) is 1. The van der Waals surface area contributed by atoms with Gasteiger partial charge in [-0.2, -0.15) is 0 Å². The first-order valence-electron chi connectivity index (χ1n) is 7.94. The minimum absolute atomic E-state index is 0.0973. The predicted molar refractivity (Wildman–Crippen MR) is 96.6 cm³/mol. The fourth-order valence-electron chi connectivity index (χ4n) is 2.89. The summed E-state index contributed by atoms with van der Waals surface area (Å²) in [4.78, 5) is 36.8. The summed E-state index contributed by atoms with van der Waals surface area (Å²) in [5, 5.41) is 28.0. The molecular formula is C16H18ClNO9S. The van der Waals surface area contributed by atoms with Crippen LogP contribution in [0.25, 0.3) is 0 Å². The van der Waals surface area contributed by atoms with E-state index < -0.39 is 68.9 Å². The van der Waals surface area contributed by atoms with Crippen LogP contribution in [-0.2, 0) is 25.4 Å². The number of carboxylic acid groups (broad SMARTS) is 1. The molecule has 0 radical (unpaired) electrons. The molecule has 12 heteroatoms. The zero-order valence-corrected chi connectivity index (χ0v) is 16.4. The van der Waals surface area contributed by atoms with Crippen LogP contribution in [0.2, 0.25) is 5.02 Å². The summed E-state index contributed by atoms with van der Waals surface area (Å²) in [7, 11) is 0. The third kappa shape index (κ3) is 3.77. The number of esters is 1. The van der Waals surface area contributed by atoms with Crippen molar-refractivity contribution < 1.29 is 43.2 Å². The molecule has 1 aromatic carbocycles. The highest BCUT2D eigenvalue weighted by Crippen LogP contribution is 2.36. The van der Waals surface area contributed by atoms with Crippen molar-refractivity contribution in [3.8, 4) is 11.5 Å². The Kier molecular flexibility index (Phi) is 6.21. The Balaban J connectivity index is 2.30. The zero-order chi connectivity index (χ0) is 21.4. The van der Waals surface area contributed by atoms with Gasteiger partial charge in [-0.25, -0.2) is 13.8 Å². The summed E-state index contributed by atoms with van der Waals surface area (Å²) >= 11 is 2.97. The first-order valence-corrected chi connectivity index (χ1v) is 9.42. The van der Waals surface area contributed by atoms with Crippen LogP contribution < -0.4 is 0 Å². The number of aromatic hydroxyl groups is 2. The SMILES string of the molecule is C[C@@H]1CC(=O)N1[C@@H](C(=O)O)[C@](C)(COC(=O)c1ccc(O)c(O)c1Cl)S(=O)O. The molecule has 28 heavy (non-hydrogen) atoms. The highest BCUT2D eigenvalue weighted by molar-refractivity contribution is 7.80. The van der Waals surface area contributed by atoms with Crippen molar-refractivity contribution in [2.45, 2.75) is 37.1 Å². The molecule has 1 aromatic rings. The number of hydrogen-bond acceptors (Lipinski definition) is 7. The van der Waals surface area contributed by atoms with Gasteiger partial charge in [0.05, 0.1) is 5.56 Å². The molecule has 0 saturated carbocycles. The quantitative estimate of drug-likeness (QED) is 0.211. The molecule has 1 unspecified atom stereocenters. The molecular weight excluding hydrogens is 418 g/mol. The van der Waals surface area contributed by atoms with Crippen LogP contribution >= 0.6 is 11.6 Å². The molecule has 1 aliphatic heterocycles. The molecule has 1 amide bonds. The van der Waals surface area contributed by atoms with Gasteiger partial charge in [0.15, 0.2) is 28.6 Å². The van der Waals surface area contributed by atoms with Gasteiger partial charge in [0, 0.05) is 12.5 Å². The standard InChI is InChI=1S/C16H18ClNO9S/c1-7-5-10(20)18(7)13(14(22)23)16(2,28(25)26)6-27-15(24)8-3-4-9(19)12(21)11(8)17/h3-4,7,13,19,21H,5-6H2,1-2H3,(H,22,23)(H,25,26)/t7-,13+,16+/m1/s1. The van der Waals surface area contributed by atoms with E-state index in [2.05, 4.69) is 0 Å². The maximum Gasteiger partial charge on any atom is 0.339 e. The van der Waals surface area contributed by atoms with E-state index in [0.717, 1.165) is 24.0 Å². The third-order valence-electron chi connectivity index (χ3n) is 4.53. The van der Waals surface area contributed by atoms with Crippen molar-refractivity contribution in [1.82, 2.24) is 4.90 Å². The molecule has 10 nitrogen and oxygen atoms in total. The topological polar surface area (TPSA) is 162 Å². The zero-order valence-electron chi connectivity index (χ0n) is 14.8. The van der Waals surface area contributed by atoms with Crippen molar-refractivity contribution in [2.75, 3.05) is 6.61 Å². The molecule has 4 atom stereocenters. The summed E-state index contributed by atoms with van der Waals surface area (Å²) in [6.45, 7) is 1.85. The predicted octanol–water partition coefficient (Wildman–Crippen LogP) is 0.962. The van der Waals surface area contributed by atoms with Crippen LogP contribution in [0.15, 0.2) is 12.1 Å². The van der Waals surface area contributed by atoms with E-state index in [1.165, 1.54) is 0 Å². The second kappa shape index (κ2) is 7.94. The lowest BCUT2D eigenvalue weighted by atomic mass is 9.92. The second-order valence-electron chi connectivity index (χ2n) is 6.53. The number of rotatable bonds is 7. The van der Waals surface area contributed by atoms with Gasteiger partial charge in [-0.1, -0.05) is 11.6 Å². The van der Waals surface area contributed by atoms with Crippen LogP contribution in [0.1, 0.15) is 30.6 Å². The number of β-lactam (4-membered cyclic amide) rings is 1. The second-order valence-corrected chi connectivity index (χ2v) is 8.34. The number of carbonyl (C=O) groups excluding carboxylic acids is 2. The molecule has 1 aliphatic rings. The molecule has 0 spiro atoms. The maximum absolute atomic E-state index is 12.3. The minimum Gasteiger partial charge on any atom is -0.504 e. The molecule has 1 fully saturated rings. The number of carboxylic acids is 1. The Morgan fingerprint density at radius 3 is 2.50 bits per heavy atom. The van der Waals surface area contributed by atoms with Crippen LogP contribution in [0.3, 0.4) is 0 Å². The van der Waals surface area contributed by atoms with E-state index in [1.807, 2.05) is 0 Å². The van der Waals surface area contributed by atoms with Crippen molar-refractivity contribution in [1.29, 1.82) is 0 Å².